The molecule has 6 nitrogen and oxygen atoms in total. The van der Waals surface area contributed by atoms with E-state index in [4.69, 9.17) is 10.7 Å². The lowest BCUT2D eigenvalue weighted by Gasteiger charge is -2.13. The molecule has 1 saturated carbocycles. The summed E-state index contributed by atoms with van der Waals surface area (Å²) < 4.78 is 24.9. The second-order valence-electron chi connectivity index (χ2n) is 5.29. The lowest BCUT2D eigenvalue weighted by Crippen LogP contribution is -2.08. The van der Waals surface area contributed by atoms with Crippen LogP contribution in [0.25, 0.3) is 11.4 Å². The van der Waals surface area contributed by atoms with Crippen LogP contribution < -0.4 is 4.90 Å². The highest BCUT2D eigenvalue weighted by Crippen LogP contribution is 2.40. The zero-order chi connectivity index (χ0) is 15.2. The van der Waals surface area contributed by atoms with Gasteiger partial charge in [-0.1, -0.05) is 0 Å². The third-order valence-corrected chi connectivity index (χ3v) is 4.57. The van der Waals surface area contributed by atoms with E-state index in [1.807, 2.05) is 43.3 Å². The normalized spacial score (nSPS) is 15.2. The van der Waals surface area contributed by atoms with E-state index in [2.05, 4.69) is 10.2 Å². The third-order valence-electron chi connectivity index (χ3n) is 3.44. The monoisotopic (exact) mass is 326 g/mol. The number of aromatic nitrogens is 3. The molecule has 3 rings (SSSR count). The van der Waals surface area contributed by atoms with Crippen molar-refractivity contribution >= 4 is 25.4 Å². The predicted octanol–water partition coefficient (Wildman–Crippen LogP) is 2.27. The fourth-order valence-corrected chi connectivity index (χ4v) is 3.14. The van der Waals surface area contributed by atoms with Crippen molar-refractivity contribution in [2.24, 2.45) is 0 Å². The van der Waals surface area contributed by atoms with Crippen molar-refractivity contribution in [1.29, 1.82) is 0 Å². The van der Waals surface area contributed by atoms with E-state index in [1.165, 1.54) is 0 Å². The predicted molar refractivity (Wildman–Crippen MR) is 81.1 cm³/mol. The van der Waals surface area contributed by atoms with E-state index in [-0.39, 0.29) is 11.2 Å². The molecule has 0 atom stereocenters. The Morgan fingerprint density at radius 3 is 2.29 bits per heavy atom. The number of hydrogen-bond acceptors (Lipinski definition) is 5. The lowest BCUT2D eigenvalue weighted by atomic mass is 10.2. The Labute approximate surface area is 127 Å². The molecular weight excluding hydrogens is 312 g/mol. The van der Waals surface area contributed by atoms with E-state index < -0.39 is 9.05 Å². The molecule has 0 amide bonds. The Hall–Kier alpha value is -1.60. The maximum atomic E-state index is 11.6. The molecule has 0 N–H and O–H groups in total. The molecule has 0 aliphatic heterocycles. The van der Waals surface area contributed by atoms with E-state index in [1.54, 1.807) is 4.57 Å². The van der Waals surface area contributed by atoms with Gasteiger partial charge in [0.25, 0.3) is 14.2 Å². The van der Waals surface area contributed by atoms with Crippen LogP contribution in [0.4, 0.5) is 5.69 Å². The average molecular weight is 327 g/mol. The molecule has 1 heterocycles. The maximum absolute atomic E-state index is 11.6. The minimum atomic E-state index is -3.89. The molecule has 1 aromatic carbocycles. The van der Waals surface area contributed by atoms with Gasteiger partial charge in [0.05, 0.1) is 0 Å². The molecule has 8 heteroatoms. The van der Waals surface area contributed by atoms with E-state index in [0.29, 0.717) is 5.82 Å². The van der Waals surface area contributed by atoms with Crippen LogP contribution in [-0.2, 0) is 9.05 Å². The number of nitrogens with zero attached hydrogens (tertiary/aromatic N) is 4. The second-order valence-corrected chi connectivity index (χ2v) is 7.75. The Morgan fingerprint density at radius 1 is 1.19 bits per heavy atom. The van der Waals surface area contributed by atoms with Gasteiger partial charge in [-0.15, -0.1) is 10.2 Å². The van der Waals surface area contributed by atoms with Crippen LogP contribution in [0.15, 0.2) is 29.4 Å². The van der Waals surface area contributed by atoms with Gasteiger partial charge >= 0.3 is 0 Å². The van der Waals surface area contributed by atoms with Crippen molar-refractivity contribution in [2.75, 3.05) is 19.0 Å². The van der Waals surface area contributed by atoms with Gasteiger partial charge in [0, 0.05) is 42.1 Å². The summed E-state index contributed by atoms with van der Waals surface area (Å²) in [4.78, 5) is 1.99. The Kier molecular flexibility index (Phi) is 3.41. The molecule has 0 bridgehead atoms. The van der Waals surface area contributed by atoms with Crippen molar-refractivity contribution in [3.05, 3.63) is 24.3 Å². The van der Waals surface area contributed by atoms with Crippen LogP contribution in [-0.4, -0.2) is 37.3 Å². The summed E-state index contributed by atoms with van der Waals surface area (Å²) in [5, 5.41) is 7.62. The third kappa shape index (κ3) is 2.75. The average Bonchev–Trinajstić information content (AvgIpc) is 3.15. The Balaban J connectivity index is 2.08. The first kappa shape index (κ1) is 14.3. The Bertz CT molecular complexity index is 764. The van der Waals surface area contributed by atoms with Gasteiger partial charge in [-0.25, -0.2) is 8.42 Å². The molecule has 0 spiro atoms. The number of halogens is 1. The van der Waals surface area contributed by atoms with Crippen LogP contribution in [0.1, 0.15) is 18.9 Å². The minimum Gasteiger partial charge on any atom is -0.378 e. The Morgan fingerprint density at radius 2 is 1.81 bits per heavy atom. The minimum absolute atomic E-state index is 0.118. The fraction of sp³-hybridized carbons (Fsp3) is 0.385. The van der Waals surface area contributed by atoms with Gasteiger partial charge in [0.15, 0.2) is 5.82 Å². The van der Waals surface area contributed by atoms with Gasteiger partial charge in [-0.2, -0.15) is 0 Å². The highest BCUT2D eigenvalue weighted by molar-refractivity contribution is 8.13. The highest BCUT2D eigenvalue weighted by atomic mass is 35.7. The van der Waals surface area contributed by atoms with Crippen molar-refractivity contribution in [2.45, 2.75) is 24.0 Å². The van der Waals surface area contributed by atoms with Crippen LogP contribution in [0.3, 0.4) is 0 Å². The van der Waals surface area contributed by atoms with Gasteiger partial charge in [0.2, 0.25) is 0 Å². The zero-order valence-corrected chi connectivity index (χ0v) is 13.3. The SMILES string of the molecule is CN(C)c1ccc(-c2nnc(S(=O)(=O)Cl)n2C2CC2)cc1. The summed E-state index contributed by atoms with van der Waals surface area (Å²) in [6.45, 7) is 0. The smallest absolute Gasteiger partial charge is 0.296 e. The molecule has 21 heavy (non-hydrogen) atoms. The van der Waals surface area contributed by atoms with Gasteiger partial charge in [-0.3, -0.25) is 4.57 Å². The molecule has 0 unspecified atom stereocenters. The summed E-state index contributed by atoms with van der Waals surface area (Å²) in [5.74, 6) is 0.544. The molecule has 1 aromatic heterocycles. The number of rotatable bonds is 4. The van der Waals surface area contributed by atoms with Gasteiger partial charge in [0.1, 0.15) is 0 Å². The summed E-state index contributed by atoms with van der Waals surface area (Å²) in [5.41, 5.74) is 1.88. The van der Waals surface area contributed by atoms with Crippen LogP contribution in [0.5, 0.6) is 0 Å². The van der Waals surface area contributed by atoms with E-state index in [9.17, 15) is 8.42 Å². The summed E-state index contributed by atoms with van der Waals surface area (Å²) in [6, 6.07) is 7.84. The molecule has 1 aliphatic rings. The fourth-order valence-electron chi connectivity index (χ4n) is 2.21. The molecule has 2 aromatic rings. The number of anilines is 1. The van der Waals surface area contributed by atoms with Crippen LogP contribution in [0.2, 0.25) is 0 Å². The number of benzene rings is 1. The molecule has 112 valence electrons. The largest absolute Gasteiger partial charge is 0.378 e. The molecule has 0 radical (unpaired) electrons. The summed E-state index contributed by atoms with van der Waals surface area (Å²) in [6.07, 6.45) is 1.83. The van der Waals surface area contributed by atoms with Gasteiger partial charge < -0.3 is 4.90 Å². The molecule has 1 aliphatic carbocycles. The van der Waals surface area contributed by atoms with Crippen molar-refractivity contribution in [3.8, 4) is 11.4 Å². The first-order chi connectivity index (χ1) is 9.88. The maximum Gasteiger partial charge on any atom is 0.296 e. The topological polar surface area (TPSA) is 68.1 Å². The van der Waals surface area contributed by atoms with Gasteiger partial charge in [-0.05, 0) is 37.1 Å². The number of hydrogen-bond donors (Lipinski definition) is 0. The summed E-state index contributed by atoms with van der Waals surface area (Å²) >= 11 is 0. The van der Waals surface area contributed by atoms with Crippen molar-refractivity contribution in [3.63, 3.8) is 0 Å². The van der Waals surface area contributed by atoms with Crippen molar-refractivity contribution in [1.82, 2.24) is 14.8 Å². The zero-order valence-electron chi connectivity index (χ0n) is 11.7. The van der Waals surface area contributed by atoms with Crippen molar-refractivity contribution < 1.29 is 8.42 Å². The van der Waals surface area contributed by atoms with Crippen LogP contribution in [0, 0.1) is 0 Å². The molecule has 1 fully saturated rings. The lowest BCUT2D eigenvalue weighted by molar-refractivity contribution is 0.579. The molecule has 0 saturated heterocycles. The van der Waals surface area contributed by atoms with E-state index >= 15 is 0 Å². The quantitative estimate of drug-likeness (QED) is 0.806. The first-order valence-corrected chi connectivity index (χ1v) is 8.86. The standard InChI is InChI=1S/C13H15ClN4O2S/c1-17(2)10-5-3-9(4-6-10)12-15-16-13(21(14,19)20)18(12)11-7-8-11/h3-6,11H,7-8H2,1-2H3. The summed E-state index contributed by atoms with van der Waals surface area (Å²) in [7, 11) is 5.47. The molecular formula is C13H15ClN4O2S. The van der Waals surface area contributed by atoms with E-state index in [0.717, 1.165) is 24.1 Å². The first-order valence-electron chi connectivity index (χ1n) is 6.55. The van der Waals surface area contributed by atoms with Crippen LogP contribution >= 0.6 is 10.7 Å². The second kappa shape index (κ2) is 4.99. The highest BCUT2D eigenvalue weighted by Gasteiger charge is 2.34.